The Hall–Kier alpha value is -4.64. The van der Waals surface area contributed by atoms with Gasteiger partial charge in [0.05, 0.1) is 11.6 Å². The number of amides is 2. The van der Waals surface area contributed by atoms with E-state index in [1.807, 2.05) is 6.07 Å². The first-order valence-corrected chi connectivity index (χ1v) is 9.55. The Balaban J connectivity index is 1.49. The Morgan fingerprint density at radius 3 is 1.94 bits per heavy atom. The second kappa shape index (κ2) is 10.4. The van der Waals surface area contributed by atoms with Gasteiger partial charge in [-0.05, 0) is 59.7 Å². The first-order chi connectivity index (χ1) is 15.4. The van der Waals surface area contributed by atoms with Crippen LogP contribution in [0.5, 0.6) is 11.5 Å². The second-order valence-corrected chi connectivity index (χ2v) is 6.62. The lowest BCUT2D eigenvalue weighted by atomic mass is 10.0. The molecule has 0 heterocycles. The van der Waals surface area contributed by atoms with Crippen molar-refractivity contribution in [1.82, 2.24) is 10.9 Å². The molecule has 0 fully saturated rings. The number of hydrazine groups is 1. The molecule has 0 bridgehead atoms. The third-order valence-corrected chi connectivity index (χ3v) is 4.27. The normalized spacial score (nSPS) is 9.88. The maximum Gasteiger partial charge on any atom is 0.308 e. The highest BCUT2D eigenvalue weighted by molar-refractivity contribution is 5.95. The summed E-state index contributed by atoms with van der Waals surface area (Å²) in [6.07, 6.45) is 0. The van der Waals surface area contributed by atoms with Crippen molar-refractivity contribution in [3.05, 3.63) is 83.9 Å². The molecule has 0 aliphatic carbocycles. The van der Waals surface area contributed by atoms with E-state index in [2.05, 4.69) is 10.9 Å². The van der Waals surface area contributed by atoms with Crippen molar-refractivity contribution in [2.45, 2.75) is 6.92 Å². The van der Waals surface area contributed by atoms with Crippen LogP contribution in [0.2, 0.25) is 0 Å². The van der Waals surface area contributed by atoms with Gasteiger partial charge in [-0.1, -0.05) is 24.3 Å². The summed E-state index contributed by atoms with van der Waals surface area (Å²) in [5.41, 5.74) is 7.22. The molecule has 0 aliphatic rings. The highest BCUT2D eigenvalue weighted by atomic mass is 16.5. The number of nitrogens with zero attached hydrogens (tertiary/aromatic N) is 1. The van der Waals surface area contributed by atoms with Crippen molar-refractivity contribution in [3.63, 3.8) is 0 Å². The fourth-order valence-electron chi connectivity index (χ4n) is 2.70. The van der Waals surface area contributed by atoms with Gasteiger partial charge in [-0.2, -0.15) is 5.26 Å². The number of benzene rings is 3. The quantitative estimate of drug-likeness (QED) is 0.353. The van der Waals surface area contributed by atoms with Gasteiger partial charge in [0.15, 0.2) is 6.61 Å². The van der Waals surface area contributed by atoms with E-state index in [-0.39, 0.29) is 12.6 Å². The number of esters is 1. The van der Waals surface area contributed by atoms with Crippen LogP contribution in [0, 0.1) is 11.3 Å². The van der Waals surface area contributed by atoms with Crippen LogP contribution in [0.25, 0.3) is 11.1 Å². The summed E-state index contributed by atoms with van der Waals surface area (Å²) in [6.45, 7) is 1.04. The number of carbonyl (C=O) groups is 3. The van der Waals surface area contributed by atoms with E-state index in [9.17, 15) is 14.4 Å². The molecule has 8 heteroatoms. The lowest BCUT2D eigenvalue weighted by molar-refractivity contribution is -0.131. The zero-order valence-corrected chi connectivity index (χ0v) is 17.1. The first kappa shape index (κ1) is 22.1. The highest BCUT2D eigenvalue weighted by Crippen LogP contribution is 2.23. The van der Waals surface area contributed by atoms with Gasteiger partial charge in [0.1, 0.15) is 11.5 Å². The summed E-state index contributed by atoms with van der Waals surface area (Å²) in [5.74, 6) is -0.514. The average molecular weight is 429 g/mol. The average Bonchev–Trinajstić information content (AvgIpc) is 2.81. The van der Waals surface area contributed by atoms with Crippen LogP contribution < -0.4 is 20.3 Å². The summed E-state index contributed by atoms with van der Waals surface area (Å²) in [4.78, 5) is 35.1. The number of nitrogens with one attached hydrogen (secondary N) is 2. The molecule has 0 atom stereocenters. The summed E-state index contributed by atoms with van der Waals surface area (Å²) in [6, 6.07) is 22.1. The predicted molar refractivity (Wildman–Crippen MR) is 115 cm³/mol. The van der Waals surface area contributed by atoms with Gasteiger partial charge in [0.25, 0.3) is 11.8 Å². The maximum atomic E-state index is 12.2. The van der Waals surface area contributed by atoms with E-state index in [0.29, 0.717) is 22.6 Å². The molecular weight excluding hydrogens is 410 g/mol. The van der Waals surface area contributed by atoms with Crippen molar-refractivity contribution in [1.29, 1.82) is 5.26 Å². The van der Waals surface area contributed by atoms with Crippen molar-refractivity contribution in [2.24, 2.45) is 0 Å². The molecule has 0 aromatic heterocycles. The molecule has 0 saturated heterocycles. The van der Waals surface area contributed by atoms with E-state index < -0.39 is 11.8 Å². The summed E-state index contributed by atoms with van der Waals surface area (Å²) >= 11 is 0. The minimum atomic E-state index is -0.535. The summed E-state index contributed by atoms with van der Waals surface area (Å²) in [5, 5.41) is 8.76. The Labute approximate surface area is 184 Å². The number of carbonyl (C=O) groups excluding carboxylic acids is 3. The number of ether oxygens (including phenoxy) is 2. The van der Waals surface area contributed by atoms with Crippen LogP contribution in [-0.4, -0.2) is 24.4 Å². The smallest absolute Gasteiger partial charge is 0.308 e. The van der Waals surface area contributed by atoms with Gasteiger partial charge in [0, 0.05) is 12.5 Å². The standard InChI is InChI=1S/C24H19N3O5/c1-16(28)32-22-12-8-19(9-13-22)18-4-6-20(7-5-18)24(30)27-26-23(29)15-31-21-10-2-17(14-25)3-11-21/h2-13H,15H2,1H3,(H,26,29)(H,27,30). The Kier molecular flexibility index (Phi) is 7.17. The van der Waals surface area contributed by atoms with Gasteiger partial charge in [-0.3, -0.25) is 25.2 Å². The minimum absolute atomic E-state index is 0.297. The van der Waals surface area contributed by atoms with Gasteiger partial charge in [0.2, 0.25) is 0 Å². The second-order valence-electron chi connectivity index (χ2n) is 6.62. The minimum Gasteiger partial charge on any atom is -0.484 e. The first-order valence-electron chi connectivity index (χ1n) is 9.55. The molecule has 32 heavy (non-hydrogen) atoms. The SMILES string of the molecule is CC(=O)Oc1ccc(-c2ccc(C(=O)NNC(=O)COc3ccc(C#N)cc3)cc2)cc1. The molecular formula is C24H19N3O5. The fourth-order valence-corrected chi connectivity index (χ4v) is 2.70. The number of hydrogen-bond acceptors (Lipinski definition) is 6. The third-order valence-electron chi connectivity index (χ3n) is 4.27. The van der Waals surface area contributed by atoms with E-state index in [1.165, 1.54) is 6.92 Å². The van der Waals surface area contributed by atoms with Crippen LogP contribution in [0.4, 0.5) is 0 Å². The Morgan fingerprint density at radius 2 is 1.38 bits per heavy atom. The molecule has 0 saturated carbocycles. The molecule has 160 valence electrons. The van der Waals surface area contributed by atoms with Crippen LogP contribution in [0.1, 0.15) is 22.8 Å². The fraction of sp³-hybridized carbons (Fsp3) is 0.0833. The van der Waals surface area contributed by atoms with Crippen molar-refractivity contribution in [3.8, 4) is 28.7 Å². The third kappa shape index (κ3) is 6.18. The molecule has 2 amide bonds. The monoisotopic (exact) mass is 429 g/mol. The van der Waals surface area contributed by atoms with Crippen LogP contribution in [0.15, 0.2) is 72.8 Å². The molecule has 0 spiro atoms. The Bertz CT molecular complexity index is 1150. The van der Waals surface area contributed by atoms with E-state index in [4.69, 9.17) is 14.7 Å². The maximum absolute atomic E-state index is 12.2. The van der Waals surface area contributed by atoms with Crippen molar-refractivity contribution in [2.75, 3.05) is 6.61 Å². The molecule has 0 unspecified atom stereocenters. The number of nitriles is 1. The van der Waals surface area contributed by atoms with Gasteiger partial charge < -0.3 is 9.47 Å². The van der Waals surface area contributed by atoms with E-state index in [0.717, 1.165) is 11.1 Å². The summed E-state index contributed by atoms with van der Waals surface area (Å²) in [7, 11) is 0. The van der Waals surface area contributed by atoms with Gasteiger partial charge >= 0.3 is 5.97 Å². The number of rotatable bonds is 6. The Morgan fingerprint density at radius 1 is 0.812 bits per heavy atom. The molecule has 3 rings (SSSR count). The lowest BCUT2D eigenvalue weighted by Crippen LogP contribution is -2.43. The van der Waals surface area contributed by atoms with E-state index in [1.54, 1.807) is 72.8 Å². The molecule has 0 radical (unpaired) electrons. The molecule has 8 nitrogen and oxygen atoms in total. The zero-order valence-electron chi connectivity index (χ0n) is 17.1. The van der Waals surface area contributed by atoms with Gasteiger partial charge in [-0.25, -0.2) is 0 Å². The van der Waals surface area contributed by atoms with Crippen molar-refractivity contribution < 1.29 is 23.9 Å². The molecule has 3 aromatic carbocycles. The largest absolute Gasteiger partial charge is 0.484 e. The van der Waals surface area contributed by atoms with Crippen molar-refractivity contribution >= 4 is 17.8 Å². The lowest BCUT2D eigenvalue weighted by Gasteiger charge is -2.09. The highest BCUT2D eigenvalue weighted by Gasteiger charge is 2.09. The number of hydrogen-bond donors (Lipinski definition) is 2. The van der Waals surface area contributed by atoms with E-state index >= 15 is 0 Å². The molecule has 3 aromatic rings. The topological polar surface area (TPSA) is 118 Å². The molecule has 2 N–H and O–H groups in total. The van der Waals surface area contributed by atoms with Gasteiger partial charge in [-0.15, -0.1) is 0 Å². The van der Waals surface area contributed by atoms with Crippen LogP contribution in [-0.2, 0) is 9.59 Å². The zero-order chi connectivity index (χ0) is 22.9. The summed E-state index contributed by atoms with van der Waals surface area (Å²) < 4.78 is 10.3. The molecule has 0 aliphatic heterocycles. The predicted octanol–water partition coefficient (Wildman–Crippen LogP) is 2.99. The van der Waals surface area contributed by atoms with Crippen LogP contribution in [0.3, 0.4) is 0 Å². The van der Waals surface area contributed by atoms with Crippen LogP contribution >= 0.6 is 0 Å².